The van der Waals surface area contributed by atoms with Crippen LogP contribution in [0, 0.1) is 0 Å². The Morgan fingerprint density at radius 2 is 2.04 bits per heavy atom. The van der Waals surface area contributed by atoms with Crippen molar-refractivity contribution in [1.82, 2.24) is 10.0 Å². The predicted octanol–water partition coefficient (Wildman–Crippen LogP) is 1.56. The first-order valence-corrected chi connectivity index (χ1v) is 9.44. The van der Waals surface area contributed by atoms with Crippen molar-refractivity contribution in [2.24, 2.45) is 0 Å². The van der Waals surface area contributed by atoms with Gasteiger partial charge in [-0.15, -0.1) is 0 Å². The van der Waals surface area contributed by atoms with Crippen LogP contribution in [0.4, 0.5) is 0 Å². The maximum Gasteiger partial charge on any atom is 0.257 e. The van der Waals surface area contributed by atoms with E-state index in [0.29, 0.717) is 6.54 Å². The molecule has 1 rings (SSSR count). The number of ether oxygens (including phenoxy) is 2. The van der Waals surface area contributed by atoms with Gasteiger partial charge in [-0.25, -0.2) is 13.1 Å². The molecule has 0 bridgehead atoms. The van der Waals surface area contributed by atoms with Crippen LogP contribution in [-0.2, 0) is 19.6 Å². The van der Waals surface area contributed by atoms with Gasteiger partial charge in [-0.2, -0.15) is 0 Å². The van der Waals surface area contributed by atoms with E-state index >= 15 is 0 Å². The van der Waals surface area contributed by atoms with E-state index in [1.807, 2.05) is 6.92 Å². The summed E-state index contributed by atoms with van der Waals surface area (Å²) < 4.78 is 36.6. The van der Waals surface area contributed by atoms with E-state index in [1.54, 1.807) is 0 Å². The number of unbranched alkanes of at least 4 members (excludes halogenated alkanes) is 1. The van der Waals surface area contributed by atoms with E-state index in [1.165, 1.54) is 25.3 Å². The Kier molecular flexibility index (Phi) is 9.05. The molecule has 0 aliphatic carbocycles. The molecular weight excluding hydrogens is 356 g/mol. The summed E-state index contributed by atoms with van der Waals surface area (Å²) in [6, 6.07) is 4.07. The molecule has 1 aromatic rings. The molecule has 0 aliphatic rings. The smallest absolute Gasteiger partial charge is 0.257 e. The first-order valence-electron chi connectivity index (χ1n) is 7.58. The van der Waals surface area contributed by atoms with Crippen LogP contribution in [0.1, 0.15) is 19.8 Å². The van der Waals surface area contributed by atoms with Crippen molar-refractivity contribution in [2.45, 2.75) is 24.7 Å². The minimum Gasteiger partial charge on any atom is -0.482 e. The van der Waals surface area contributed by atoms with Crippen molar-refractivity contribution in [3.05, 3.63) is 23.2 Å². The standard InChI is InChI=1S/C15H23ClN2O5S/c1-3-4-7-17-15(19)11-23-14-6-5-12(10-13(14)16)24(20,21)18-8-9-22-2/h5-6,10,18H,3-4,7-9,11H2,1-2H3,(H,17,19). The Balaban J connectivity index is 2.62. The van der Waals surface area contributed by atoms with Crippen LogP contribution in [0.15, 0.2) is 23.1 Å². The molecular formula is C15H23ClN2O5S. The number of sulfonamides is 1. The summed E-state index contributed by atoms with van der Waals surface area (Å²) in [4.78, 5) is 11.6. The number of hydrogen-bond donors (Lipinski definition) is 2. The molecule has 1 aromatic carbocycles. The quantitative estimate of drug-likeness (QED) is 0.570. The third-order valence-corrected chi connectivity index (χ3v) is 4.78. The summed E-state index contributed by atoms with van der Waals surface area (Å²) >= 11 is 6.03. The van der Waals surface area contributed by atoms with Crippen molar-refractivity contribution >= 4 is 27.5 Å². The second-order valence-electron chi connectivity index (χ2n) is 4.97. The molecule has 0 unspecified atom stereocenters. The number of nitrogens with one attached hydrogen (secondary N) is 2. The first-order chi connectivity index (χ1) is 11.4. The Bertz CT molecular complexity index is 637. The third kappa shape index (κ3) is 7.04. The van der Waals surface area contributed by atoms with Gasteiger partial charge in [0.2, 0.25) is 10.0 Å². The maximum atomic E-state index is 12.1. The first kappa shape index (κ1) is 20.7. The SMILES string of the molecule is CCCCNC(=O)COc1ccc(S(=O)(=O)NCCOC)cc1Cl. The highest BCUT2D eigenvalue weighted by Crippen LogP contribution is 2.27. The van der Waals surface area contributed by atoms with Gasteiger partial charge in [0.15, 0.2) is 6.61 Å². The van der Waals surface area contributed by atoms with Gasteiger partial charge in [0.05, 0.1) is 16.5 Å². The van der Waals surface area contributed by atoms with Gasteiger partial charge in [-0.1, -0.05) is 24.9 Å². The van der Waals surface area contributed by atoms with Crippen LogP contribution in [0.5, 0.6) is 5.75 Å². The lowest BCUT2D eigenvalue weighted by Gasteiger charge is -2.11. The summed E-state index contributed by atoms with van der Waals surface area (Å²) in [6.07, 6.45) is 1.89. The van der Waals surface area contributed by atoms with Gasteiger partial charge in [0.25, 0.3) is 5.91 Å². The van der Waals surface area contributed by atoms with E-state index in [9.17, 15) is 13.2 Å². The number of carbonyl (C=O) groups is 1. The molecule has 7 nitrogen and oxygen atoms in total. The van der Waals surface area contributed by atoms with Crippen LogP contribution in [0.2, 0.25) is 5.02 Å². The van der Waals surface area contributed by atoms with Crippen LogP contribution in [-0.4, -0.2) is 47.7 Å². The molecule has 0 saturated heterocycles. The molecule has 0 radical (unpaired) electrons. The Labute approximate surface area is 147 Å². The average molecular weight is 379 g/mol. The van der Waals surface area contributed by atoms with Crippen LogP contribution >= 0.6 is 11.6 Å². The largest absolute Gasteiger partial charge is 0.482 e. The predicted molar refractivity (Wildman–Crippen MR) is 91.9 cm³/mol. The number of amides is 1. The highest BCUT2D eigenvalue weighted by molar-refractivity contribution is 7.89. The van der Waals surface area contributed by atoms with Gasteiger partial charge in [0, 0.05) is 20.2 Å². The maximum absolute atomic E-state index is 12.1. The van der Waals surface area contributed by atoms with Crippen LogP contribution in [0.3, 0.4) is 0 Å². The second kappa shape index (κ2) is 10.5. The van der Waals surface area contributed by atoms with Gasteiger partial charge in [0.1, 0.15) is 5.75 Å². The van der Waals surface area contributed by atoms with Gasteiger partial charge in [-0.05, 0) is 24.6 Å². The Hall–Kier alpha value is -1.35. The van der Waals surface area contributed by atoms with Crippen molar-refractivity contribution in [3.63, 3.8) is 0 Å². The number of carbonyl (C=O) groups excluding carboxylic acids is 1. The zero-order valence-electron chi connectivity index (χ0n) is 13.8. The van der Waals surface area contributed by atoms with E-state index in [-0.39, 0.29) is 41.3 Å². The van der Waals surface area contributed by atoms with Crippen molar-refractivity contribution in [3.8, 4) is 5.75 Å². The number of benzene rings is 1. The van der Waals surface area contributed by atoms with Crippen molar-refractivity contribution < 1.29 is 22.7 Å². The fraction of sp³-hybridized carbons (Fsp3) is 0.533. The molecule has 0 spiro atoms. The third-order valence-electron chi connectivity index (χ3n) is 3.02. The number of rotatable bonds is 11. The molecule has 2 N–H and O–H groups in total. The van der Waals surface area contributed by atoms with Crippen molar-refractivity contribution in [2.75, 3.05) is 33.4 Å². The zero-order valence-corrected chi connectivity index (χ0v) is 15.4. The Morgan fingerprint density at radius 1 is 1.29 bits per heavy atom. The fourth-order valence-corrected chi connectivity index (χ4v) is 3.06. The monoisotopic (exact) mass is 378 g/mol. The lowest BCUT2D eigenvalue weighted by molar-refractivity contribution is -0.123. The minimum absolute atomic E-state index is 0.0170. The molecule has 1 amide bonds. The Morgan fingerprint density at radius 3 is 2.67 bits per heavy atom. The van der Waals surface area contributed by atoms with Crippen molar-refractivity contribution in [1.29, 1.82) is 0 Å². The molecule has 9 heteroatoms. The highest BCUT2D eigenvalue weighted by Gasteiger charge is 2.16. The molecule has 0 aromatic heterocycles. The normalized spacial score (nSPS) is 11.3. The number of methoxy groups -OCH3 is 1. The lowest BCUT2D eigenvalue weighted by atomic mass is 10.3. The fourth-order valence-electron chi connectivity index (χ4n) is 1.73. The summed E-state index contributed by atoms with van der Waals surface area (Å²) in [7, 11) is -2.19. The lowest BCUT2D eigenvalue weighted by Crippen LogP contribution is -2.29. The summed E-state index contributed by atoms with van der Waals surface area (Å²) in [5, 5.41) is 2.83. The molecule has 0 saturated carbocycles. The summed E-state index contributed by atoms with van der Waals surface area (Å²) in [5.74, 6) is -0.00408. The topological polar surface area (TPSA) is 93.7 Å². The molecule has 0 heterocycles. The summed E-state index contributed by atoms with van der Waals surface area (Å²) in [6.45, 7) is 2.87. The molecule has 0 fully saturated rings. The van der Waals surface area contributed by atoms with Gasteiger partial charge >= 0.3 is 0 Å². The molecule has 0 aliphatic heterocycles. The zero-order chi connectivity index (χ0) is 18.0. The minimum atomic E-state index is -3.67. The van der Waals surface area contributed by atoms with E-state index < -0.39 is 10.0 Å². The summed E-state index contributed by atoms with van der Waals surface area (Å²) in [5.41, 5.74) is 0. The van der Waals surface area contributed by atoms with Crippen LogP contribution < -0.4 is 14.8 Å². The van der Waals surface area contributed by atoms with E-state index in [0.717, 1.165) is 12.8 Å². The number of halogens is 1. The van der Waals surface area contributed by atoms with Gasteiger partial charge < -0.3 is 14.8 Å². The molecule has 136 valence electrons. The second-order valence-corrected chi connectivity index (χ2v) is 7.15. The highest BCUT2D eigenvalue weighted by atomic mass is 35.5. The average Bonchev–Trinajstić information content (AvgIpc) is 2.54. The van der Waals surface area contributed by atoms with Crippen LogP contribution in [0.25, 0.3) is 0 Å². The molecule has 24 heavy (non-hydrogen) atoms. The molecule has 0 atom stereocenters. The van der Waals surface area contributed by atoms with E-state index in [2.05, 4.69) is 10.0 Å². The van der Waals surface area contributed by atoms with E-state index in [4.69, 9.17) is 21.1 Å². The van der Waals surface area contributed by atoms with Gasteiger partial charge in [-0.3, -0.25) is 4.79 Å². The number of hydrogen-bond acceptors (Lipinski definition) is 5.